The lowest BCUT2D eigenvalue weighted by Crippen LogP contribution is -2.14. The fourth-order valence-corrected chi connectivity index (χ4v) is 2.55. The summed E-state index contributed by atoms with van der Waals surface area (Å²) in [5.41, 5.74) is 2.32. The molecule has 0 aliphatic carbocycles. The molecule has 3 aromatic rings. The van der Waals surface area contributed by atoms with Gasteiger partial charge >= 0.3 is 5.97 Å². The number of hydrogen-bond donors (Lipinski definition) is 1. The van der Waals surface area contributed by atoms with Gasteiger partial charge in [0.1, 0.15) is 5.82 Å². The molecule has 0 saturated heterocycles. The smallest absolute Gasteiger partial charge is 0.358 e. The molecular weight excluding hydrogens is 349 g/mol. The molecule has 0 radical (unpaired) electrons. The minimum atomic E-state index is -0.498. The number of rotatable bonds is 5. The third-order valence-electron chi connectivity index (χ3n) is 3.89. The van der Waals surface area contributed by atoms with Gasteiger partial charge in [-0.15, -0.1) is 0 Å². The lowest BCUT2D eigenvalue weighted by molar-refractivity contribution is 0.0519. The second-order valence-electron chi connectivity index (χ2n) is 5.83. The van der Waals surface area contributed by atoms with Crippen molar-refractivity contribution in [2.24, 2.45) is 0 Å². The number of nitrogens with zero attached hydrogens (tertiary/aromatic N) is 2. The summed E-state index contributed by atoms with van der Waals surface area (Å²) in [7, 11) is 0. The summed E-state index contributed by atoms with van der Waals surface area (Å²) in [5.74, 6) is -1.37. The van der Waals surface area contributed by atoms with Crippen LogP contribution < -0.4 is 5.32 Å². The van der Waals surface area contributed by atoms with Crippen LogP contribution in [0.3, 0.4) is 0 Å². The van der Waals surface area contributed by atoms with Crippen LogP contribution in [-0.4, -0.2) is 28.3 Å². The van der Waals surface area contributed by atoms with Crippen LogP contribution in [0.2, 0.25) is 0 Å². The summed E-state index contributed by atoms with van der Waals surface area (Å²) < 4.78 is 19.9. The number of aromatic nitrogens is 2. The first kappa shape index (κ1) is 18.3. The Hall–Kier alpha value is -3.48. The predicted octanol–water partition coefficient (Wildman–Crippen LogP) is 3.75. The van der Waals surface area contributed by atoms with Crippen LogP contribution in [0.4, 0.5) is 10.1 Å². The summed E-state index contributed by atoms with van der Waals surface area (Å²) in [4.78, 5) is 24.2. The van der Waals surface area contributed by atoms with Gasteiger partial charge in [-0.3, -0.25) is 4.79 Å². The summed E-state index contributed by atoms with van der Waals surface area (Å²) in [6.07, 6.45) is 1.63. The highest BCUT2D eigenvalue weighted by Gasteiger charge is 2.13. The maximum absolute atomic E-state index is 13.4. The SMILES string of the molecule is CCOC(=O)c1ccn(-c2cccc(NC(=O)c3cc(F)ccc3C)c2)n1. The van der Waals surface area contributed by atoms with Crippen molar-refractivity contribution in [1.82, 2.24) is 9.78 Å². The fraction of sp³-hybridized carbons (Fsp3) is 0.150. The quantitative estimate of drug-likeness (QED) is 0.697. The van der Waals surface area contributed by atoms with Gasteiger partial charge in [0, 0.05) is 17.4 Å². The minimum Gasteiger partial charge on any atom is -0.461 e. The summed E-state index contributed by atoms with van der Waals surface area (Å²) in [6.45, 7) is 3.74. The van der Waals surface area contributed by atoms with Crippen molar-refractivity contribution in [3.8, 4) is 5.69 Å². The molecule has 0 saturated carbocycles. The maximum Gasteiger partial charge on any atom is 0.358 e. The van der Waals surface area contributed by atoms with E-state index in [9.17, 15) is 14.0 Å². The Morgan fingerprint density at radius 2 is 2.00 bits per heavy atom. The summed E-state index contributed by atoms with van der Waals surface area (Å²) in [6, 6.07) is 12.6. The van der Waals surface area contributed by atoms with E-state index in [-0.39, 0.29) is 17.9 Å². The Morgan fingerprint density at radius 3 is 2.78 bits per heavy atom. The third kappa shape index (κ3) is 4.20. The van der Waals surface area contributed by atoms with Gasteiger partial charge in [-0.2, -0.15) is 5.10 Å². The van der Waals surface area contributed by atoms with Crippen molar-refractivity contribution in [2.45, 2.75) is 13.8 Å². The number of aryl methyl sites for hydroxylation is 1. The number of nitrogens with one attached hydrogen (secondary N) is 1. The van der Waals surface area contributed by atoms with Crippen LogP contribution in [0.15, 0.2) is 54.7 Å². The van der Waals surface area contributed by atoms with Crippen LogP contribution >= 0.6 is 0 Å². The first-order valence-corrected chi connectivity index (χ1v) is 8.38. The second kappa shape index (κ2) is 7.82. The van der Waals surface area contributed by atoms with Crippen molar-refractivity contribution < 1.29 is 18.7 Å². The number of amides is 1. The molecule has 27 heavy (non-hydrogen) atoms. The zero-order chi connectivity index (χ0) is 19.4. The molecule has 0 aliphatic rings. The molecular formula is C20H18FN3O3. The molecule has 0 unspecified atom stereocenters. The number of ether oxygens (including phenoxy) is 1. The monoisotopic (exact) mass is 367 g/mol. The molecule has 0 atom stereocenters. The average Bonchev–Trinajstić information content (AvgIpc) is 3.14. The van der Waals surface area contributed by atoms with Crippen molar-refractivity contribution in [3.63, 3.8) is 0 Å². The van der Waals surface area contributed by atoms with Crippen LogP contribution in [-0.2, 0) is 4.74 Å². The molecule has 0 fully saturated rings. The molecule has 0 aliphatic heterocycles. The first-order chi connectivity index (χ1) is 13.0. The molecule has 0 bridgehead atoms. The van der Waals surface area contributed by atoms with Crippen molar-refractivity contribution in [2.75, 3.05) is 11.9 Å². The molecule has 1 N–H and O–H groups in total. The van der Waals surface area contributed by atoms with E-state index < -0.39 is 17.7 Å². The van der Waals surface area contributed by atoms with Crippen LogP contribution in [0.25, 0.3) is 5.69 Å². The molecule has 1 aromatic heterocycles. The van der Waals surface area contributed by atoms with Gasteiger partial charge < -0.3 is 10.1 Å². The average molecular weight is 367 g/mol. The number of halogens is 1. The van der Waals surface area contributed by atoms with Gasteiger partial charge in [0.05, 0.1) is 12.3 Å². The maximum atomic E-state index is 13.4. The van der Waals surface area contributed by atoms with E-state index in [4.69, 9.17) is 4.74 Å². The van der Waals surface area contributed by atoms with Crippen molar-refractivity contribution >= 4 is 17.6 Å². The highest BCUT2D eigenvalue weighted by Crippen LogP contribution is 2.17. The molecule has 138 valence electrons. The zero-order valence-corrected chi connectivity index (χ0v) is 14.9. The summed E-state index contributed by atoms with van der Waals surface area (Å²) >= 11 is 0. The number of carbonyl (C=O) groups excluding carboxylic acids is 2. The van der Waals surface area contributed by atoms with Gasteiger partial charge in [0.2, 0.25) is 0 Å². The standard InChI is InChI=1S/C20H18FN3O3/c1-3-27-20(26)18-9-10-24(23-18)16-6-4-5-15(12-16)22-19(25)17-11-14(21)8-7-13(17)2/h4-12H,3H2,1-2H3,(H,22,25). The van der Waals surface area contributed by atoms with E-state index in [1.54, 1.807) is 56.4 Å². The van der Waals surface area contributed by atoms with Crippen LogP contribution in [0, 0.1) is 12.7 Å². The molecule has 0 spiro atoms. The molecule has 6 nitrogen and oxygen atoms in total. The normalized spacial score (nSPS) is 10.5. The zero-order valence-electron chi connectivity index (χ0n) is 14.9. The van der Waals surface area contributed by atoms with Gasteiger partial charge in [-0.25, -0.2) is 13.9 Å². The number of anilines is 1. The Balaban J connectivity index is 1.81. The van der Waals surface area contributed by atoms with Crippen LogP contribution in [0.1, 0.15) is 33.3 Å². The number of benzene rings is 2. The number of carbonyl (C=O) groups is 2. The first-order valence-electron chi connectivity index (χ1n) is 8.38. The minimum absolute atomic E-state index is 0.196. The van der Waals surface area contributed by atoms with Crippen molar-refractivity contribution in [1.29, 1.82) is 0 Å². The Bertz CT molecular complexity index is 998. The molecule has 7 heteroatoms. The van der Waals surface area contributed by atoms with E-state index >= 15 is 0 Å². The Kier molecular flexibility index (Phi) is 5.30. The number of hydrogen-bond acceptors (Lipinski definition) is 4. The highest BCUT2D eigenvalue weighted by atomic mass is 19.1. The highest BCUT2D eigenvalue weighted by molar-refractivity contribution is 6.05. The topological polar surface area (TPSA) is 73.2 Å². The molecule has 1 amide bonds. The van der Waals surface area contributed by atoms with E-state index in [1.807, 2.05) is 0 Å². The largest absolute Gasteiger partial charge is 0.461 e. The Morgan fingerprint density at radius 1 is 1.19 bits per heavy atom. The van der Waals surface area contributed by atoms with Gasteiger partial charge in [0.15, 0.2) is 5.69 Å². The van der Waals surface area contributed by atoms with E-state index in [0.717, 1.165) is 0 Å². The summed E-state index contributed by atoms with van der Waals surface area (Å²) in [5, 5.41) is 6.93. The van der Waals surface area contributed by atoms with Crippen molar-refractivity contribution in [3.05, 3.63) is 77.4 Å². The molecule has 3 rings (SSSR count). The molecule has 2 aromatic carbocycles. The van der Waals surface area contributed by atoms with E-state index in [0.29, 0.717) is 16.9 Å². The van der Waals surface area contributed by atoms with Gasteiger partial charge in [-0.1, -0.05) is 12.1 Å². The molecule has 1 heterocycles. The third-order valence-corrected chi connectivity index (χ3v) is 3.89. The van der Waals surface area contributed by atoms with E-state index in [2.05, 4.69) is 10.4 Å². The fourth-order valence-electron chi connectivity index (χ4n) is 2.55. The van der Waals surface area contributed by atoms with Gasteiger partial charge in [0.25, 0.3) is 5.91 Å². The lowest BCUT2D eigenvalue weighted by Gasteiger charge is -2.09. The van der Waals surface area contributed by atoms with Crippen LogP contribution in [0.5, 0.6) is 0 Å². The second-order valence-corrected chi connectivity index (χ2v) is 5.83. The van der Waals surface area contributed by atoms with E-state index in [1.165, 1.54) is 16.8 Å². The predicted molar refractivity (Wildman–Crippen MR) is 98.6 cm³/mol. The van der Waals surface area contributed by atoms with Gasteiger partial charge in [-0.05, 0) is 55.8 Å². The Labute approximate surface area is 155 Å². The lowest BCUT2D eigenvalue weighted by atomic mass is 10.1. The number of esters is 1.